The summed E-state index contributed by atoms with van der Waals surface area (Å²) in [6.45, 7) is 3.04. The van der Waals surface area contributed by atoms with E-state index < -0.39 is 5.54 Å². The fraction of sp³-hybridized carbons (Fsp3) is 0.588. The van der Waals surface area contributed by atoms with Crippen molar-refractivity contribution in [1.29, 1.82) is 0 Å². The van der Waals surface area contributed by atoms with Crippen molar-refractivity contribution in [2.75, 3.05) is 25.6 Å². The molecule has 0 heterocycles. The predicted molar refractivity (Wildman–Crippen MR) is 87.0 cm³/mol. The molecule has 2 atom stereocenters. The Bertz CT molecular complexity index is 485. The molecule has 1 aliphatic rings. The largest absolute Gasteiger partial charge is 0.491 e. The van der Waals surface area contributed by atoms with Crippen molar-refractivity contribution >= 4 is 11.6 Å². The number of benzene rings is 1. The molecule has 0 aromatic heterocycles. The van der Waals surface area contributed by atoms with Gasteiger partial charge >= 0.3 is 0 Å². The second-order valence-corrected chi connectivity index (χ2v) is 6.16. The summed E-state index contributed by atoms with van der Waals surface area (Å²) in [5.74, 6) is 0.646. The van der Waals surface area contributed by atoms with Crippen LogP contribution in [0.2, 0.25) is 0 Å². The Morgan fingerprint density at radius 2 is 2.05 bits per heavy atom. The topological polar surface area (TPSA) is 73.6 Å². The van der Waals surface area contributed by atoms with Crippen LogP contribution in [0, 0.1) is 5.92 Å². The normalized spacial score (nSPS) is 24.8. The first-order valence-electron chi connectivity index (χ1n) is 7.84. The second kappa shape index (κ2) is 7.61. The molecule has 3 N–H and O–H groups in total. The maximum atomic E-state index is 12.4. The zero-order valence-electron chi connectivity index (χ0n) is 13.4. The average Bonchev–Trinajstić information content (AvgIpc) is 2.48. The van der Waals surface area contributed by atoms with Gasteiger partial charge in [0.2, 0.25) is 5.91 Å². The monoisotopic (exact) mass is 306 g/mol. The van der Waals surface area contributed by atoms with E-state index in [2.05, 4.69) is 5.32 Å². The first-order valence-corrected chi connectivity index (χ1v) is 7.84. The zero-order valence-corrected chi connectivity index (χ0v) is 13.4. The van der Waals surface area contributed by atoms with Gasteiger partial charge < -0.3 is 20.5 Å². The van der Waals surface area contributed by atoms with Crippen molar-refractivity contribution in [1.82, 2.24) is 0 Å². The smallest absolute Gasteiger partial charge is 0.229 e. The summed E-state index contributed by atoms with van der Waals surface area (Å²) >= 11 is 0. The van der Waals surface area contributed by atoms with Crippen LogP contribution in [0.15, 0.2) is 24.3 Å². The van der Waals surface area contributed by atoms with E-state index in [0.29, 0.717) is 13.2 Å². The third-order valence-corrected chi connectivity index (χ3v) is 4.25. The van der Waals surface area contributed by atoms with Gasteiger partial charge in [0.15, 0.2) is 0 Å². The highest BCUT2D eigenvalue weighted by Gasteiger charge is 2.37. The fourth-order valence-electron chi connectivity index (χ4n) is 2.90. The molecule has 5 heteroatoms. The molecule has 22 heavy (non-hydrogen) atoms. The van der Waals surface area contributed by atoms with Gasteiger partial charge in [-0.1, -0.05) is 12.8 Å². The molecule has 1 saturated carbocycles. The SMILES string of the molecule is COCCOc1ccc(NC(=O)C2CCCCC2(C)N)cc1. The van der Waals surface area contributed by atoms with Crippen molar-refractivity contribution in [2.24, 2.45) is 11.7 Å². The lowest BCUT2D eigenvalue weighted by molar-refractivity contribution is -0.122. The number of methoxy groups -OCH3 is 1. The van der Waals surface area contributed by atoms with Crippen LogP contribution in [0.5, 0.6) is 5.75 Å². The molecule has 1 aromatic rings. The van der Waals surface area contributed by atoms with Crippen LogP contribution < -0.4 is 15.8 Å². The van der Waals surface area contributed by atoms with Crippen LogP contribution in [0.4, 0.5) is 5.69 Å². The first kappa shape index (κ1) is 16.8. The van der Waals surface area contributed by atoms with Crippen molar-refractivity contribution < 1.29 is 14.3 Å². The minimum absolute atomic E-state index is 0.0118. The molecule has 0 bridgehead atoms. The second-order valence-electron chi connectivity index (χ2n) is 6.16. The molecule has 1 aliphatic carbocycles. The highest BCUT2D eigenvalue weighted by molar-refractivity contribution is 5.93. The maximum Gasteiger partial charge on any atom is 0.229 e. The number of amides is 1. The number of carbonyl (C=O) groups excluding carboxylic acids is 1. The van der Waals surface area contributed by atoms with Gasteiger partial charge in [-0.15, -0.1) is 0 Å². The standard InChI is InChI=1S/C17H26N2O3/c1-17(18)10-4-3-5-15(17)16(20)19-13-6-8-14(9-7-13)22-12-11-21-2/h6-9,15H,3-5,10-12,18H2,1-2H3,(H,19,20). The van der Waals surface area contributed by atoms with E-state index in [-0.39, 0.29) is 11.8 Å². The number of hydrogen-bond donors (Lipinski definition) is 2. The molecule has 122 valence electrons. The summed E-state index contributed by atoms with van der Waals surface area (Å²) in [7, 11) is 1.64. The highest BCUT2D eigenvalue weighted by atomic mass is 16.5. The summed E-state index contributed by atoms with van der Waals surface area (Å²) in [5, 5.41) is 2.96. The summed E-state index contributed by atoms with van der Waals surface area (Å²) in [6, 6.07) is 7.37. The third kappa shape index (κ3) is 4.45. The van der Waals surface area contributed by atoms with E-state index in [1.165, 1.54) is 0 Å². The van der Waals surface area contributed by atoms with Crippen LogP contribution >= 0.6 is 0 Å². The van der Waals surface area contributed by atoms with Crippen LogP contribution in [0.1, 0.15) is 32.6 Å². The molecule has 1 amide bonds. The van der Waals surface area contributed by atoms with E-state index in [4.69, 9.17) is 15.2 Å². The van der Waals surface area contributed by atoms with Gasteiger partial charge in [0.1, 0.15) is 12.4 Å². The molecule has 2 unspecified atom stereocenters. The van der Waals surface area contributed by atoms with E-state index >= 15 is 0 Å². The quantitative estimate of drug-likeness (QED) is 0.792. The molecular formula is C17H26N2O3. The summed E-state index contributed by atoms with van der Waals surface area (Å²) in [4.78, 5) is 12.4. The molecule has 1 fully saturated rings. The van der Waals surface area contributed by atoms with Crippen LogP contribution in [0.3, 0.4) is 0 Å². The number of nitrogens with two attached hydrogens (primary N) is 1. The fourth-order valence-corrected chi connectivity index (χ4v) is 2.90. The van der Waals surface area contributed by atoms with Crippen molar-refractivity contribution in [2.45, 2.75) is 38.1 Å². The van der Waals surface area contributed by atoms with Gasteiger partial charge in [0, 0.05) is 18.3 Å². The van der Waals surface area contributed by atoms with Gasteiger partial charge in [-0.2, -0.15) is 0 Å². The summed E-state index contributed by atoms with van der Waals surface area (Å²) in [5.41, 5.74) is 6.63. The number of anilines is 1. The number of carbonyl (C=O) groups is 1. The zero-order chi connectivity index (χ0) is 16.0. The first-order chi connectivity index (χ1) is 10.5. The number of nitrogens with one attached hydrogen (secondary N) is 1. The van der Waals surface area contributed by atoms with E-state index in [9.17, 15) is 4.79 Å². The molecule has 5 nitrogen and oxygen atoms in total. The van der Waals surface area contributed by atoms with Gasteiger partial charge in [-0.05, 0) is 44.0 Å². The third-order valence-electron chi connectivity index (χ3n) is 4.25. The average molecular weight is 306 g/mol. The van der Waals surface area contributed by atoms with Crippen LogP contribution in [-0.2, 0) is 9.53 Å². The number of rotatable bonds is 6. The molecule has 0 aliphatic heterocycles. The molecular weight excluding hydrogens is 280 g/mol. The van der Waals surface area contributed by atoms with Gasteiger partial charge in [-0.3, -0.25) is 4.79 Å². The van der Waals surface area contributed by atoms with E-state index in [0.717, 1.165) is 37.1 Å². The molecule has 0 saturated heterocycles. The van der Waals surface area contributed by atoms with E-state index in [1.807, 2.05) is 31.2 Å². The predicted octanol–water partition coefficient (Wildman–Crippen LogP) is 2.56. The van der Waals surface area contributed by atoms with Crippen molar-refractivity contribution in [3.05, 3.63) is 24.3 Å². The lowest BCUT2D eigenvalue weighted by Gasteiger charge is -2.37. The van der Waals surface area contributed by atoms with Gasteiger partial charge in [0.25, 0.3) is 0 Å². The molecule has 0 spiro atoms. The lowest BCUT2D eigenvalue weighted by Crippen LogP contribution is -2.51. The Hall–Kier alpha value is -1.59. The Morgan fingerprint density at radius 3 is 2.68 bits per heavy atom. The van der Waals surface area contributed by atoms with Crippen LogP contribution in [-0.4, -0.2) is 31.8 Å². The summed E-state index contributed by atoms with van der Waals surface area (Å²) < 4.78 is 10.4. The minimum atomic E-state index is -0.411. The van der Waals surface area contributed by atoms with E-state index in [1.54, 1.807) is 7.11 Å². The van der Waals surface area contributed by atoms with Crippen molar-refractivity contribution in [3.63, 3.8) is 0 Å². The molecule has 0 radical (unpaired) electrons. The Morgan fingerprint density at radius 1 is 1.32 bits per heavy atom. The maximum absolute atomic E-state index is 12.4. The van der Waals surface area contributed by atoms with Crippen molar-refractivity contribution in [3.8, 4) is 5.75 Å². The number of ether oxygens (including phenoxy) is 2. The molecule has 1 aromatic carbocycles. The Kier molecular flexibility index (Phi) is 5.80. The molecule has 2 rings (SSSR count). The summed E-state index contributed by atoms with van der Waals surface area (Å²) in [6.07, 6.45) is 3.93. The minimum Gasteiger partial charge on any atom is -0.491 e. The Balaban J connectivity index is 1.91. The van der Waals surface area contributed by atoms with Crippen LogP contribution in [0.25, 0.3) is 0 Å². The lowest BCUT2D eigenvalue weighted by atomic mass is 9.74. The Labute approximate surface area is 132 Å². The van der Waals surface area contributed by atoms with Gasteiger partial charge in [0.05, 0.1) is 12.5 Å². The van der Waals surface area contributed by atoms with Gasteiger partial charge in [-0.25, -0.2) is 0 Å². The number of hydrogen-bond acceptors (Lipinski definition) is 4. The highest BCUT2D eigenvalue weighted by Crippen LogP contribution is 2.32.